The SMILES string of the molecule is O=C1C(=Cc2ccc3ncccc3c2)COc2ccccc21. The van der Waals surface area contributed by atoms with Crippen molar-refractivity contribution in [3.63, 3.8) is 0 Å². The quantitative estimate of drug-likeness (QED) is 0.637. The molecule has 0 amide bonds. The summed E-state index contributed by atoms with van der Waals surface area (Å²) in [6, 6.07) is 17.2. The van der Waals surface area contributed by atoms with E-state index in [2.05, 4.69) is 4.98 Å². The van der Waals surface area contributed by atoms with E-state index in [9.17, 15) is 4.79 Å². The van der Waals surface area contributed by atoms with Crippen LogP contribution in [-0.2, 0) is 0 Å². The maximum Gasteiger partial charge on any atom is 0.196 e. The average molecular weight is 287 g/mol. The molecule has 1 aliphatic rings. The van der Waals surface area contributed by atoms with Crippen molar-refractivity contribution in [3.05, 3.63) is 77.5 Å². The first-order chi connectivity index (χ1) is 10.8. The van der Waals surface area contributed by atoms with Gasteiger partial charge in [0.2, 0.25) is 0 Å². The molecule has 0 atom stereocenters. The smallest absolute Gasteiger partial charge is 0.196 e. The zero-order chi connectivity index (χ0) is 14.9. The largest absolute Gasteiger partial charge is 0.488 e. The molecule has 0 bridgehead atoms. The van der Waals surface area contributed by atoms with Gasteiger partial charge in [0, 0.05) is 17.2 Å². The van der Waals surface area contributed by atoms with Crippen LogP contribution in [0.15, 0.2) is 66.4 Å². The lowest BCUT2D eigenvalue weighted by Crippen LogP contribution is -2.18. The van der Waals surface area contributed by atoms with Crippen molar-refractivity contribution in [1.29, 1.82) is 0 Å². The van der Waals surface area contributed by atoms with Gasteiger partial charge in [0.15, 0.2) is 5.78 Å². The Bertz CT molecular complexity index is 912. The van der Waals surface area contributed by atoms with E-state index in [1.165, 1.54) is 0 Å². The zero-order valence-electron chi connectivity index (χ0n) is 11.8. The van der Waals surface area contributed by atoms with Crippen LogP contribution in [0.3, 0.4) is 0 Å². The van der Waals surface area contributed by atoms with Crippen LogP contribution in [0.25, 0.3) is 17.0 Å². The highest BCUT2D eigenvalue weighted by molar-refractivity contribution is 6.14. The number of benzene rings is 2. The van der Waals surface area contributed by atoms with Crippen molar-refractivity contribution < 1.29 is 9.53 Å². The first-order valence-electron chi connectivity index (χ1n) is 7.13. The van der Waals surface area contributed by atoms with Crippen LogP contribution in [-0.4, -0.2) is 17.4 Å². The molecule has 2 heterocycles. The fraction of sp³-hybridized carbons (Fsp3) is 0.0526. The molecule has 0 fully saturated rings. The number of hydrogen-bond donors (Lipinski definition) is 0. The van der Waals surface area contributed by atoms with E-state index in [1.807, 2.05) is 54.6 Å². The van der Waals surface area contributed by atoms with E-state index in [0.717, 1.165) is 16.5 Å². The molecule has 0 radical (unpaired) electrons. The van der Waals surface area contributed by atoms with Gasteiger partial charge in [0.25, 0.3) is 0 Å². The third kappa shape index (κ3) is 2.17. The van der Waals surface area contributed by atoms with Gasteiger partial charge < -0.3 is 4.74 Å². The van der Waals surface area contributed by atoms with E-state index in [4.69, 9.17) is 4.74 Å². The summed E-state index contributed by atoms with van der Waals surface area (Å²) in [5.74, 6) is 0.695. The second-order valence-corrected chi connectivity index (χ2v) is 5.24. The number of Topliss-reactive ketones (excluding diaryl/α,β-unsaturated/α-hetero) is 1. The molecular weight excluding hydrogens is 274 g/mol. The number of carbonyl (C=O) groups is 1. The van der Waals surface area contributed by atoms with Crippen LogP contribution >= 0.6 is 0 Å². The van der Waals surface area contributed by atoms with Crippen molar-refractivity contribution in [2.45, 2.75) is 0 Å². The maximum atomic E-state index is 12.5. The van der Waals surface area contributed by atoms with Crippen LogP contribution in [0.2, 0.25) is 0 Å². The van der Waals surface area contributed by atoms with Crippen molar-refractivity contribution in [2.75, 3.05) is 6.61 Å². The van der Waals surface area contributed by atoms with Gasteiger partial charge in [0.1, 0.15) is 12.4 Å². The molecule has 1 aromatic heterocycles. The molecule has 0 spiro atoms. The summed E-state index contributed by atoms with van der Waals surface area (Å²) in [6.07, 6.45) is 3.67. The molecule has 22 heavy (non-hydrogen) atoms. The van der Waals surface area contributed by atoms with Gasteiger partial charge in [-0.05, 0) is 42.0 Å². The normalized spacial score (nSPS) is 15.6. The van der Waals surface area contributed by atoms with Gasteiger partial charge >= 0.3 is 0 Å². The van der Waals surface area contributed by atoms with Gasteiger partial charge in [-0.1, -0.05) is 24.3 Å². The van der Waals surface area contributed by atoms with Crippen molar-refractivity contribution in [1.82, 2.24) is 4.98 Å². The summed E-state index contributed by atoms with van der Waals surface area (Å²) in [4.78, 5) is 16.8. The van der Waals surface area contributed by atoms with Crippen LogP contribution < -0.4 is 4.74 Å². The van der Waals surface area contributed by atoms with Crippen molar-refractivity contribution in [2.24, 2.45) is 0 Å². The first kappa shape index (κ1) is 12.8. The van der Waals surface area contributed by atoms with Crippen LogP contribution in [0.4, 0.5) is 0 Å². The molecule has 106 valence electrons. The van der Waals surface area contributed by atoms with Gasteiger partial charge in [-0.25, -0.2) is 0 Å². The number of ketones is 1. The molecule has 0 saturated carbocycles. The topological polar surface area (TPSA) is 39.2 Å². The Labute approximate surface area is 127 Å². The molecule has 4 rings (SSSR count). The highest BCUT2D eigenvalue weighted by Gasteiger charge is 2.22. The van der Waals surface area contributed by atoms with Gasteiger partial charge in [-0.3, -0.25) is 9.78 Å². The van der Waals surface area contributed by atoms with E-state index >= 15 is 0 Å². The second kappa shape index (κ2) is 5.11. The number of nitrogens with zero attached hydrogens (tertiary/aromatic N) is 1. The molecule has 0 saturated heterocycles. The summed E-state index contributed by atoms with van der Waals surface area (Å²) in [7, 11) is 0. The molecule has 0 aliphatic carbocycles. The fourth-order valence-electron chi connectivity index (χ4n) is 2.67. The average Bonchev–Trinajstić information content (AvgIpc) is 2.57. The van der Waals surface area contributed by atoms with Crippen LogP contribution in [0.5, 0.6) is 5.75 Å². The molecule has 3 heteroatoms. The molecule has 0 N–H and O–H groups in total. The van der Waals surface area contributed by atoms with E-state index in [-0.39, 0.29) is 5.78 Å². The number of carbonyl (C=O) groups excluding carboxylic acids is 1. The second-order valence-electron chi connectivity index (χ2n) is 5.24. The monoisotopic (exact) mass is 287 g/mol. The summed E-state index contributed by atoms with van der Waals surface area (Å²) >= 11 is 0. The summed E-state index contributed by atoms with van der Waals surface area (Å²) in [5, 5.41) is 1.06. The Balaban J connectivity index is 1.74. The summed E-state index contributed by atoms with van der Waals surface area (Å²) in [6.45, 7) is 0.306. The maximum absolute atomic E-state index is 12.5. The predicted molar refractivity (Wildman–Crippen MR) is 86.0 cm³/mol. The van der Waals surface area contributed by atoms with E-state index in [1.54, 1.807) is 12.3 Å². The molecule has 3 aromatic rings. The Morgan fingerprint density at radius 1 is 1.05 bits per heavy atom. The Hall–Kier alpha value is -2.94. The predicted octanol–water partition coefficient (Wildman–Crippen LogP) is 3.89. The Morgan fingerprint density at radius 2 is 1.95 bits per heavy atom. The van der Waals surface area contributed by atoms with Gasteiger partial charge in [0.05, 0.1) is 11.1 Å². The standard InChI is InChI=1S/C19H13NO2/c21-19-15(12-22-18-6-2-1-5-16(18)19)11-13-7-8-17-14(10-13)4-3-9-20-17/h1-11H,12H2. The molecule has 2 aromatic carbocycles. The first-order valence-corrected chi connectivity index (χ1v) is 7.13. The lowest BCUT2D eigenvalue weighted by atomic mass is 9.98. The number of para-hydroxylation sites is 1. The Morgan fingerprint density at radius 3 is 2.91 bits per heavy atom. The zero-order valence-corrected chi connectivity index (χ0v) is 11.8. The molecule has 1 aliphatic heterocycles. The summed E-state index contributed by atoms with van der Waals surface area (Å²) in [5.41, 5.74) is 3.22. The highest BCUT2D eigenvalue weighted by atomic mass is 16.5. The number of ether oxygens (including phenoxy) is 1. The van der Waals surface area contributed by atoms with Crippen molar-refractivity contribution in [3.8, 4) is 5.75 Å². The molecule has 0 unspecified atom stereocenters. The number of hydrogen-bond acceptors (Lipinski definition) is 3. The Kier molecular flexibility index (Phi) is 2.97. The minimum atomic E-state index is 0.0353. The van der Waals surface area contributed by atoms with Gasteiger partial charge in [-0.2, -0.15) is 0 Å². The minimum Gasteiger partial charge on any atom is -0.488 e. The lowest BCUT2D eigenvalue weighted by molar-refractivity contribution is 0.100. The fourth-order valence-corrected chi connectivity index (χ4v) is 2.67. The van der Waals surface area contributed by atoms with E-state index in [0.29, 0.717) is 23.5 Å². The summed E-state index contributed by atoms with van der Waals surface area (Å²) < 4.78 is 5.66. The number of pyridine rings is 1. The number of aromatic nitrogens is 1. The van der Waals surface area contributed by atoms with Crippen molar-refractivity contribution >= 4 is 22.8 Å². The number of fused-ring (bicyclic) bond motifs is 2. The minimum absolute atomic E-state index is 0.0353. The molecule has 3 nitrogen and oxygen atoms in total. The molecular formula is C19H13NO2. The third-order valence-electron chi connectivity index (χ3n) is 3.77. The third-order valence-corrected chi connectivity index (χ3v) is 3.77. The van der Waals surface area contributed by atoms with Crippen LogP contribution in [0, 0.1) is 0 Å². The van der Waals surface area contributed by atoms with Crippen LogP contribution in [0.1, 0.15) is 15.9 Å². The number of rotatable bonds is 1. The lowest BCUT2D eigenvalue weighted by Gasteiger charge is -2.18. The van der Waals surface area contributed by atoms with E-state index < -0.39 is 0 Å². The van der Waals surface area contributed by atoms with Gasteiger partial charge in [-0.15, -0.1) is 0 Å². The highest BCUT2D eigenvalue weighted by Crippen LogP contribution is 2.27.